The van der Waals surface area contributed by atoms with Crippen molar-refractivity contribution >= 4 is 17.7 Å². The molecule has 2 N–H and O–H groups in total. The summed E-state index contributed by atoms with van der Waals surface area (Å²) in [5.74, 6) is 0.294. The average molecular weight is 253 g/mol. The molecule has 0 unspecified atom stereocenters. The lowest BCUT2D eigenvalue weighted by atomic mass is 10.3. The number of carbonyl (C=O) groups is 1. The van der Waals surface area contributed by atoms with Crippen LogP contribution in [-0.2, 0) is 17.6 Å². The van der Waals surface area contributed by atoms with Crippen LogP contribution in [0.1, 0.15) is 24.6 Å². The molecule has 5 nitrogen and oxygen atoms in total. The van der Waals surface area contributed by atoms with Crippen molar-refractivity contribution in [2.24, 2.45) is 0 Å². The maximum absolute atomic E-state index is 11.4. The minimum absolute atomic E-state index is 0.0219. The van der Waals surface area contributed by atoms with Crippen molar-refractivity contribution in [3.63, 3.8) is 0 Å². The summed E-state index contributed by atoms with van der Waals surface area (Å²) in [5.41, 5.74) is 1.78. The summed E-state index contributed by atoms with van der Waals surface area (Å²) in [6.45, 7) is 2.51. The third kappa shape index (κ3) is 2.88. The molecule has 1 aromatic rings. The van der Waals surface area contributed by atoms with E-state index in [0.29, 0.717) is 17.3 Å². The van der Waals surface area contributed by atoms with Crippen LogP contribution in [0.5, 0.6) is 0 Å². The Morgan fingerprint density at radius 2 is 2.35 bits per heavy atom. The number of rotatable bonds is 4. The highest BCUT2D eigenvalue weighted by Gasteiger charge is 2.18. The van der Waals surface area contributed by atoms with E-state index in [0.717, 1.165) is 30.5 Å². The second-order valence-electron chi connectivity index (χ2n) is 3.90. The van der Waals surface area contributed by atoms with Gasteiger partial charge in [0, 0.05) is 17.8 Å². The Balaban J connectivity index is 2.11. The molecule has 6 heteroatoms. The largest absolute Gasteiger partial charge is 0.356 e. The van der Waals surface area contributed by atoms with E-state index in [-0.39, 0.29) is 11.6 Å². The highest BCUT2D eigenvalue weighted by Crippen LogP contribution is 2.27. The third-order valence-corrected chi connectivity index (χ3v) is 3.67. The van der Waals surface area contributed by atoms with E-state index in [1.54, 1.807) is 0 Å². The maximum atomic E-state index is 11.4. The number of hydrogen-bond donors (Lipinski definition) is 2. The van der Waals surface area contributed by atoms with Gasteiger partial charge in [-0.15, -0.1) is 0 Å². The van der Waals surface area contributed by atoms with Crippen LogP contribution < -0.4 is 11.0 Å². The molecule has 92 valence electrons. The van der Waals surface area contributed by atoms with Gasteiger partial charge in [-0.05, 0) is 26.2 Å². The Labute approximate surface area is 103 Å². The fourth-order valence-electron chi connectivity index (χ4n) is 1.94. The molecule has 0 spiro atoms. The number of thioether (sulfide) groups is 1. The van der Waals surface area contributed by atoms with E-state index >= 15 is 0 Å². The fraction of sp³-hybridized carbons (Fsp3) is 0.545. The van der Waals surface area contributed by atoms with Crippen LogP contribution in [0, 0.1) is 0 Å². The number of nitrogens with one attached hydrogen (secondary N) is 2. The molecule has 0 fully saturated rings. The summed E-state index contributed by atoms with van der Waals surface area (Å²) in [7, 11) is 0. The van der Waals surface area contributed by atoms with Crippen LogP contribution >= 0.6 is 11.8 Å². The number of fused-ring (bicyclic) bond motifs is 1. The van der Waals surface area contributed by atoms with E-state index in [9.17, 15) is 9.59 Å². The molecule has 17 heavy (non-hydrogen) atoms. The van der Waals surface area contributed by atoms with Gasteiger partial charge in [-0.1, -0.05) is 11.8 Å². The molecule has 0 aliphatic heterocycles. The molecule has 0 radical (unpaired) electrons. The van der Waals surface area contributed by atoms with Crippen LogP contribution in [0.15, 0.2) is 9.82 Å². The molecular weight excluding hydrogens is 238 g/mol. The van der Waals surface area contributed by atoms with Gasteiger partial charge in [-0.2, -0.15) is 4.98 Å². The van der Waals surface area contributed by atoms with Crippen LogP contribution in [0.25, 0.3) is 0 Å². The minimum atomic E-state index is -0.316. The van der Waals surface area contributed by atoms with Crippen molar-refractivity contribution in [3.8, 4) is 0 Å². The molecule has 0 bridgehead atoms. The first-order chi connectivity index (χ1) is 8.20. The van der Waals surface area contributed by atoms with Crippen LogP contribution in [0.3, 0.4) is 0 Å². The van der Waals surface area contributed by atoms with Gasteiger partial charge in [0.05, 0.1) is 5.75 Å². The number of aryl methyl sites for hydroxylation is 1. The molecule has 0 atom stereocenters. The molecule has 0 aromatic carbocycles. The van der Waals surface area contributed by atoms with Crippen molar-refractivity contribution in [2.75, 3.05) is 12.3 Å². The van der Waals surface area contributed by atoms with Gasteiger partial charge >= 0.3 is 5.69 Å². The standard InChI is InChI=1S/C11H15N3O2S/c1-2-12-9(15)6-17-10-7-4-3-5-8(7)13-11(16)14-10/h2-6H2,1H3,(H,12,15)(H,13,14,16). The molecule has 1 aromatic heterocycles. The van der Waals surface area contributed by atoms with Crippen LogP contribution in [0.2, 0.25) is 0 Å². The molecule has 1 heterocycles. The van der Waals surface area contributed by atoms with Crippen molar-refractivity contribution in [1.29, 1.82) is 0 Å². The number of aromatic nitrogens is 2. The summed E-state index contributed by atoms with van der Waals surface area (Å²) in [6.07, 6.45) is 2.89. The Bertz CT molecular complexity index is 484. The highest BCUT2D eigenvalue weighted by molar-refractivity contribution is 7.99. The molecule has 1 aliphatic carbocycles. The van der Waals surface area contributed by atoms with Crippen LogP contribution in [-0.4, -0.2) is 28.2 Å². The first-order valence-corrected chi connectivity index (χ1v) is 6.71. The van der Waals surface area contributed by atoms with E-state index in [1.165, 1.54) is 11.8 Å². The number of H-pyrrole nitrogens is 1. The van der Waals surface area contributed by atoms with Gasteiger partial charge in [0.25, 0.3) is 0 Å². The van der Waals surface area contributed by atoms with Gasteiger partial charge in [0.15, 0.2) is 0 Å². The Morgan fingerprint density at radius 1 is 1.53 bits per heavy atom. The number of carbonyl (C=O) groups excluding carboxylic acids is 1. The zero-order chi connectivity index (χ0) is 12.3. The summed E-state index contributed by atoms with van der Waals surface area (Å²) >= 11 is 1.34. The fourth-order valence-corrected chi connectivity index (χ4v) is 2.85. The van der Waals surface area contributed by atoms with Gasteiger partial charge in [-0.25, -0.2) is 4.79 Å². The lowest BCUT2D eigenvalue weighted by molar-refractivity contribution is -0.118. The number of nitrogens with zero attached hydrogens (tertiary/aromatic N) is 1. The second kappa shape index (κ2) is 5.35. The molecule has 1 aliphatic rings. The smallest absolute Gasteiger partial charge is 0.346 e. The zero-order valence-corrected chi connectivity index (χ0v) is 10.5. The lowest BCUT2D eigenvalue weighted by Gasteiger charge is -2.06. The Morgan fingerprint density at radius 3 is 3.12 bits per heavy atom. The molecule has 0 saturated carbocycles. The van der Waals surface area contributed by atoms with Gasteiger partial charge in [0.1, 0.15) is 5.03 Å². The Kier molecular flexibility index (Phi) is 3.83. The molecule has 1 amide bonds. The van der Waals surface area contributed by atoms with E-state index in [4.69, 9.17) is 0 Å². The lowest BCUT2D eigenvalue weighted by Crippen LogP contribution is -2.25. The average Bonchev–Trinajstić information content (AvgIpc) is 2.74. The first-order valence-electron chi connectivity index (χ1n) is 5.72. The predicted molar refractivity (Wildman–Crippen MR) is 66.3 cm³/mol. The molecular formula is C11H15N3O2S. The molecule has 2 rings (SSSR count). The minimum Gasteiger partial charge on any atom is -0.356 e. The maximum Gasteiger partial charge on any atom is 0.346 e. The zero-order valence-electron chi connectivity index (χ0n) is 9.71. The topological polar surface area (TPSA) is 74.8 Å². The van der Waals surface area contributed by atoms with Crippen molar-refractivity contribution in [1.82, 2.24) is 15.3 Å². The SMILES string of the molecule is CCNC(=O)CSc1nc(=O)[nH]c2c1CCC2. The van der Waals surface area contributed by atoms with Crippen molar-refractivity contribution in [3.05, 3.63) is 21.7 Å². The monoisotopic (exact) mass is 253 g/mol. The number of aromatic amines is 1. The molecule has 0 saturated heterocycles. The van der Waals surface area contributed by atoms with Gasteiger partial charge in [0.2, 0.25) is 5.91 Å². The summed E-state index contributed by atoms with van der Waals surface area (Å²) < 4.78 is 0. The third-order valence-electron chi connectivity index (χ3n) is 2.65. The summed E-state index contributed by atoms with van der Waals surface area (Å²) in [5, 5.41) is 3.44. The van der Waals surface area contributed by atoms with E-state index in [2.05, 4.69) is 15.3 Å². The van der Waals surface area contributed by atoms with Gasteiger partial charge < -0.3 is 10.3 Å². The normalized spacial score (nSPS) is 13.5. The second-order valence-corrected chi connectivity index (χ2v) is 4.86. The van der Waals surface area contributed by atoms with Crippen molar-refractivity contribution in [2.45, 2.75) is 31.2 Å². The summed E-state index contributed by atoms with van der Waals surface area (Å²) in [4.78, 5) is 29.4. The predicted octanol–water partition coefficient (Wildman–Crippen LogP) is 0.487. The quantitative estimate of drug-likeness (QED) is 0.605. The summed E-state index contributed by atoms with van der Waals surface area (Å²) in [6, 6.07) is 0. The Hall–Kier alpha value is -1.30. The number of amides is 1. The van der Waals surface area contributed by atoms with E-state index < -0.39 is 0 Å². The van der Waals surface area contributed by atoms with Crippen LogP contribution in [0.4, 0.5) is 0 Å². The highest BCUT2D eigenvalue weighted by atomic mass is 32.2. The van der Waals surface area contributed by atoms with Gasteiger partial charge in [-0.3, -0.25) is 4.79 Å². The number of hydrogen-bond acceptors (Lipinski definition) is 4. The van der Waals surface area contributed by atoms with Crippen molar-refractivity contribution < 1.29 is 4.79 Å². The van der Waals surface area contributed by atoms with E-state index in [1.807, 2.05) is 6.92 Å². The first kappa shape index (κ1) is 12.2.